The van der Waals surface area contributed by atoms with Gasteiger partial charge in [-0.2, -0.15) is 9.82 Å². The molecule has 1 amide bonds. The molecule has 3 rings (SSSR count). The average Bonchev–Trinajstić information content (AvgIpc) is 3.26. The van der Waals surface area contributed by atoms with Gasteiger partial charge in [-0.05, 0) is 30.3 Å². The Balaban J connectivity index is 1.83. The summed E-state index contributed by atoms with van der Waals surface area (Å²) in [4.78, 5) is 17.0. The number of nitrogens with one attached hydrogen (secondary N) is 1. The monoisotopic (exact) mass is 450 g/mol. The van der Waals surface area contributed by atoms with Crippen LogP contribution in [0.15, 0.2) is 47.6 Å². The van der Waals surface area contributed by atoms with Crippen LogP contribution in [0.2, 0.25) is 5.02 Å². The fraction of sp³-hybridized carbons (Fsp3) is 0.211. The standard InChI is InChI=1S/C19H19ClN4O5S/c1-27-15-8-6-13(20)16(28-2)17(15)30(26)23-18(25)14-7-5-12(19(22-14)29-3)11-24-10-4-9-21-24/h4-10H,11H2,1-3H3,(H,23,25). The fourth-order valence-corrected chi connectivity index (χ4v) is 4.06. The van der Waals surface area contributed by atoms with Crippen LogP contribution in [-0.2, 0) is 17.9 Å². The minimum Gasteiger partial charge on any atom is -0.588 e. The molecule has 2 aromatic heterocycles. The molecular formula is C19H19ClN4O5S. The van der Waals surface area contributed by atoms with Gasteiger partial charge in [-0.3, -0.25) is 9.48 Å². The summed E-state index contributed by atoms with van der Waals surface area (Å²) in [6, 6.07) is 8.10. The van der Waals surface area contributed by atoms with E-state index >= 15 is 0 Å². The number of amides is 1. The predicted molar refractivity (Wildman–Crippen MR) is 111 cm³/mol. The molecule has 1 atom stereocenters. The number of hydrogen-bond acceptors (Lipinski definition) is 7. The average molecular weight is 451 g/mol. The van der Waals surface area contributed by atoms with Crippen molar-refractivity contribution in [3.05, 3.63) is 59.0 Å². The second kappa shape index (κ2) is 9.70. The minimum atomic E-state index is -2.02. The van der Waals surface area contributed by atoms with Gasteiger partial charge in [0.25, 0.3) is 4.90 Å². The SMILES string of the molecule is COc1ccc(Cl)c(OC)c1[S+]([O-])NC(=O)c1ccc(Cn2cccn2)c(OC)n1. The second-order valence-electron chi connectivity index (χ2n) is 5.88. The van der Waals surface area contributed by atoms with Crippen molar-refractivity contribution in [2.24, 2.45) is 0 Å². The Kier molecular flexibility index (Phi) is 7.03. The van der Waals surface area contributed by atoms with Crippen molar-refractivity contribution in [1.82, 2.24) is 19.5 Å². The molecule has 11 heteroatoms. The highest BCUT2D eigenvalue weighted by molar-refractivity contribution is 7.90. The zero-order chi connectivity index (χ0) is 21.7. The molecule has 0 radical (unpaired) electrons. The van der Waals surface area contributed by atoms with E-state index in [4.69, 9.17) is 25.8 Å². The second-order valence-corrected chi connectivity index (χ2v) is 7.44. The maximum absolute atomic E-state index is 12.9. The first-order valence-corrected chi connectivity index (χ1v) is 10.2. The molecule has 0 aliphatic heterocycles. The van der Waals surface area contributed by atoms with Gasteiger partial charge in [0.05, 0.1) is 32.9 Å². The van der Waals surface area contributed by atoms with Gasteiger partial charge in [-0.25, -0.2) is 4.98 Å². The lowest BCUT2D eigenvalue weighted by Crippen LogP contribution is -2.32. The number of rotatable bonds is 8. The number of halogens is 1. The number of ether oxygens (including phenoxy) is 3. The van der Waals surface area contributed by atoms with Crippen molar-refractivity contribution in [3.63, 3.8) is 0 Å². The van der Waals surface area contributed by atoms with Crippen LogP contribution in [-0.4, -0.2) is 46.6 Å². The molecule has 0 aliphatic rings. The Bertz CT molecular complexity index is 1030. The maximum atomic E-state index is 12.9. The summed E-state index contributed by atoms with van der Waals surface area (Å²) in [6.45, 7) is 0.425. The van der Waals surface area contributed by atoms with Crippen LogP contribution in [0.3, 0.4) is 0 Å². The van der Waals surface area contributed by atoms with Crippen molar-refractivity contribution in [3.8, 4) is 17.4 Å². The van der Waals surface area contributed by atoms with Crippen LogP contribution in [0.25, 0.3) is 0 Å². The normalized spacial score (nSPS) is 11.6. The molecule has 0 saturated heterocycles. The molecule has 0 aliphatic carbocycles. The van der Waals surface area contributed by atoms with Gasteiger partial charge in [0.2, 0.25) is 5.88 Å². The maximum Gasteiger partial charge on any atom is 0.311 e. The highest BCUT2D eigenvalue weighted by Gasteiger charge is 2.29. The van der Waals surface area contributed by atoms with Gasteiger partial charge in [0.15, 0.2) is 11.5 Å². The fourth-order valence-electron chi connectivity index (χ4n) is 2.70. The molecule has 0 bridgehead atoms. The lowest BCUT2D eigenvalue weighted by molar-refractivity contribution is 0.0975. The van der Waals surface area contributed by atoms with Crippen LogP contribution in [0.1, 0.15) is 16.1 Å². The number of carbonyl (C=O) groups excluding carboxylic acids is 1. The summed E-state index contributed by atoms with van der Waals surface area (Å²) in [5.41, 5.74) is 0.765. The van der Waals surface area contributed by atoms with Crippen LogP contribution < -0.4 is 18.9 Å². The van der Waals surface area contributed by atoms with Gasteiger partial charge in [-0.15, -0.1) is 0 Å². The molecule has 158 valence electrons. The number of nitrogens with zero attached hydrogens (tertiary/aromatic N) is 3. The van der Waals surface area contributed by atoms with E-state index in [-0.39, 0.29) is 33.0 Å². The lowest BCUT2D eigenvalue weighted by Gasteiger charge is -2.16. The van der Waals surface area contributed by atoms with E-state index in [0.717, 1.165) is 5.56 Å². The summed E-state index contributed by atoms with van der Waals surface area (Å²) >= 11 is 4.09. The Labute approximate surface area is 181 Å². The molecule has 0 saturated carbocycles. The predicted octanol–water partition coefficient (Wildman–Crippen LogP) is 2.46. The molecule has 0 spiro atoms. The number of aromatic nitrogens is 3. The van der Waals surface area contributed by atoms with Gasteiger partial charge < -0.3 is 18.8 Å². The zero-order valence-corrected chi connectivity index (χ0v) is 18.0. The van der Waals surface area contributed by atoms with Crippen molar-refractivity contribution < 1.29 is 23.6 Å². The smallest absolute Gasteiger partial charge is 0.311 e. The van der Waals surface area contributed by atoms with Crippen LogP contribution in [0.5, 0.6) is 17.4 Å². The summed E-state index contributed by atoms with van der Waals surface area (Å²) in [5.74, 6) is 0.00737. The summed E-state index contributed by atoms with van der Waals surface area (Å²) in [6.07, 6.45) is 3.46. The van der Waals surface area contributed by atoms with E-state index in [2.05, 4.69) is 14.8 Å². The van der Waals surface area contributed by atoms with Crippen LogP contribution in [0, 0.1) is 0 Å². The highest BCUT2D eigenvalue weighted by Crippen LogP contribution is 2.38. The molecule has 3 aromatic rings. The van der Waals surface area contributed by atoms with E-state index in [1.54, 1.807) is 35.3 Å². The van der Waals surface area contributed by atoms with Gasteiger partial charge in [-0.1, -0.05) is 11.6 Å². The summed E-state index contributed by atoms with van der Waals surface area (Å²) < 4.78 is 32.7. The Hall–Kier alpha value is -2.95. The first kappa shape index (κ1) is 21.8. The third-order valence-corrected chi connectivity index (χ3v) is 5.51. The van der Waals surface area contributed by atoms with Gasteiger partial charge in [0.1, 0.15) is 17.1 Å². The molecule has 30 heavy (non-hydrogen) atoms. The molecular weight excluding hydrogens is 432 g/mol. The molecule has 2 heterocycles. The largest absolute Gasteiger partial charge is 0.588 e. The quantitative estimate of drug-likeness (QED) is 0.525. The molecule has 1 aromatic carbocycles. The van der Waals surface area contributed by atoms with E-state index in [1.165, 1.54) is 33.5 Å². The number of methoxy groups -OCH3 is 3. The first-order valence-electron chi connectivity index (χ1n) is 8.63. The van der Waals surface area contributed by atoms with E-state index in [0.29, 0.717) is 6.54 Å². The first-order chi connectivity index (χ1) is 14.5. The van der Waals surface area contributed by atoms with Crippen LogP contribution >= 0.6 is 11.6 Å². The zero-order valence-electron chi connectivity index (χ0n) is 16.4. The third-order valence-electron chi connectivity index (χ3n) is 4.08. The van der Waals surface area contributed by atoms with E-state index < -0.39 is 17.3 Å². The van der Waals surface area contributed by atoms with Crippen molar-refractivity contribution >= 4 is 28.9 Å². The highest BCUT2D eigenvalue weighted by atomic mass is 35.5. The van der Waals surface area contributed by atoms with Crippen molar-refractivity contribution in [2.75, 3.05) is 21.3 Å². The third kappa shape index (κ3) is 4.61. The van der Waals surface area contributed by atoms with Crippen LogP contribution in [0.4, 0.5) is 0 Å². The lowest BCUT2D eigenvalue weighted by atomic mass is 10.2. The van der Waals surface area contributed by atoms with Gasteiger partial charge >= 0.3 is 5.91 Å². The number of benzene rings is 1. The number of pyridine rings is 1. The Morgan fingerprint density at radius 2 is 2.00 bits per heavy atom. The Morgan fingerprint density at radius 3 is 2.63 bits per heavy atom. The van der Waals surface area contributed by atoms with Gasteiger partial charge in [0, 0.05) is 18.0 Å². The number of hydrogen-bond donors (Lipinski definition) is 1. The van der Waals surface area contributed by atoms with Crippen molar-refractivity contribution in [1.29, 1.82) is 0 Å². The summed E-state index contributed by atoms with van der Waals surface area (Å²) in [7, 11) is 4.25. The van der Waals surface area contributed by atoms with Crippen molar-refractivity contribution in [2.45, 2.75) is 11.4 Å². The van der Waals surface area contributed by atoms with E-state index in [1.807, 2.05) is 0 Å². The summed E-state index contributed by atoms with van der Waals surface area (Å²) in [5, 5.41) is 4.37. The molecule has 1 unspecified atom stereocenters. The molecule has 9 nitrogen and oxygen atoms in total. The van der Waals surface area contributed by atoms with E-state index in [9.17, 15) is 9.35 Å². The molecule has 1 N–H and O–H groups in total. The number of carbonyl (C=O) groups is 1. The molecule has 0 fully saturated rings. The minimum absolute atomic E-state index is 0.0318. The topological polar surface area (TPSA) is 111 Å². The Morgan fingerprint density at radius 1 is 1.20 bits per heavy atom.